The Morgan fingerprint density at radius 2 is 1.69 bits per heavy atom. The molecule has 0 N–H and O–H groups in total. The van der Waals surface area contributed by atoms with Crippen molar-refractivity contribution < 1.29 is 0 Å². The van der Waals surface area contributed by atoms with E-state index in [4.69, 9.17) is 0 Å². The highest BCUT2D eigenvalue weighted by atomic mass is 16.1. The number of hydrogen-bond acceptors (Lipinski definition) is 5. The molecule has 1 aromatic carbocycles. The maximum Gasteiger partial charge on any atom is 0.333 e. The smallest absolute Gasteiger partial charge is 0.333 e. The summed E-state index contributed by atoms with van der Waals surface area (Å²) in [4.78, 5) is 24.5. The Morgan fingerprint density at radius 1 is 0.938 bits per heavy atom. The Kier molecular flexibility index (Phi) is 4.40. The van der Waals surface area contributed by atoms with Crippen molar-refractivity contribution in [1.29, 1.82) is 0 Å². The van der Waals surface area contributed by atoms with Crippen LogP contribution in [0.25, 0.3) is 38.8 Å². The van der Waals surface area contributed by atoms with E-state index in [-0.39, 0.29) is 5.69 Å². The van der Waals surface area contributed by atoms with E-state index in [1.54, 1.807) is 22.4 Å². The number of aromatic nitrogens is 6. The van der Waals surface area contributed by atoms with Gasteiger partial charge in [-0.1, -0.05) is 6.07 Å². The SMILES string of the molecule is Cc1nn(C)c(C)c1-n1c(=O)n(C)c2cnc3ccc(-c4ccc(N(C)C)nc4)cc3c21. The van der Waals surface area contributed by atoms with Crippen LogP contribution in [-0.2, 0) is 14.1 Å². The quantitative estimate of drug-likeness (QED) is 0.441. The second kappa shape index (κ2) is 7.05. The number of anilines is 1. The molecule has 0 atom stereocenters. The molecule has 0 spiro atoms. The first-order valence-corrected chi connectivity index (χ1v) is 10.4. The van der Waals surface area contributed by atoms with Gasteiger partial charge < -0.3 is 4.90 Å². The van der Waals surface area contributed by atoms with E-state index in [0.717, 1.165) is 56.0 Å². The number of imidazole rings is 1. The van der Waals surface area contributed by atoms with Crippen LogP contribution in [0, 0.1) is 13.8 Å². The van der Waals surface area contributed by atoms with Gasteiger partial charge in [-0.15, -0.1) is 0 Å². The molecule has 0 aliphatic heterocycles. The third kappa shape index (κ3) is 2.83. The molecular formula is C24H25N7O. The van der Waals surface area contributed by atoms with Gasteiger partial charge in [0.2, 0.25) is 0 Å². The molecule has 0 bridgehead atoms. The summed E-state index contributed by atoms with van der Waals surface area (Å²) in [6.07, 6.45) is 3.64. The van der Waals surface area contributed by atoms with Crippen LogP contribution in [-0.4, -0.2) is 43.0 Å². The summed E-state index contributed by atoms with van der Waals surface area (Å²) < 4.78 is 5.23. The normalized spacial score (nSPS) is 11.6. The van der Waals surface area contributed by atoms with Crippen molar-refractivity contribution in [2.24, 2.45) is 14.1 Å². The fourth-order valence-corrected chi connectivity index (χ4v) is 4.29. The molecule has 0 aliphatic rings. The van der Waals surface area contributed by atoms with E-state index in [1.165, 1.54) is 0 Å². The van der Waals surface area contributed by atoms with Crippen LogP contribution in [0.1, 0.15) is 11.4 Å². The van der Waals surface area contributed by atoms with E-state index in [0.29, 0.717) is 0 Å². The van der Waals surface area contributed by atoms with Gasteiger partial charge in [-0.25, -0.2) is 9.78 Å². The molecular weight excluding hydrogens is 402 g/mol. The molecule has 8 heteroatoms. The minimum atomic E-state index is -0.115. The third-order valence-corrected chi connectivity index (χ3v) is 6.12. The van der Waals surface area contributed by atoms with E-state index < -0.39 is 0 Å². The summed E-state index contributed by atoms with van der Waals surface area (Å²) >= 11 is 0. The first-order valence-electron chi connectivity index (χ1n) is 10.4. The van der Waals surface area contributed by atoms with Gasteiger partial charge in [-0.2, -0.15) is 5.10 Å². The van der Waals surface area contributed by atoms with Gasteiger partial charge in [-0.05, 0) is 43.7 Å². The summed E-state index contributed by atoms with van der Waals surface area (Å²) in [5.41, 5.74) is 6.92. The molecule has 0 radical (unpaired) electrons. The Labute approximate surface area is 185 Å². The van der Waals surface area contributed by atoms with Gasteiger partial charge in [0, 0.05) is 45.3 Å². The van der Waals surface area contributed by atoms with Gasteiger partial charge in [0.1, 0.15) is 5.82 Å². The molecule has 0 aliphatic carbocycles. The second-order valence-corrected chi connectivity index (χ2v) is 8.34. The van der Waals surface area contributed by atoms with Crippen LogP contribution in [0.5, 0.6) is 0 Å². The summed E-state index contributed by atoms with van der Waals surface area (Å²) in [6.45, 7) is 3.91. The molecule has 5 rings (SSSR count). The van der Waals surface area contributed by atoms with Crippen molar-refractivity contribution in [2.75, 3.05) is 19.0 Å². The summed E-state index contributed by atoms with van der Waals surface area (Å²) in [5, 5.41) is 5.45. The molecule has 8 nitrogen and oxygen atoms in total. The zero-order valence-corrected chi connectivity index (χ0v) is 19.1. The summed E-state index contributed by atoms with van der Waals surface area (Å²) in [5.74, 6) is 0.901. The standard InChI is InChI=1S/C24H25N7O/c1-14-22(15(2)30(6)27-14)31-23-18-11-16(17-8-10-21(26-12-17)28(3)4)7-9-19(18)25-13-20(23)29(5)24(31)32/h7-13H,1-6H3. The van der Waals surface area contributed by atoms with Crippen LogP contribution < -0.4 is 10.6 Å². The number of fused-ring (bicyclic) bond motifs is 3. The fraction of sp³-hybridized carbons (Fsp3) is 0.250. The first-order chi connectivity index (χ1) is 15.3. The van der Waals surface area contributed by atoms with Crippen molar-refractivity contribution >= 4 is 27.8 Å². The Hall–Kier alpha value is -3.94. The Bertz CT molecular complexity index is 1550. The Morgan fingerprint density at radius 3 is 2.31 bits per heavy atom. The van der Waals surface area contributed by atoms with E-state index in [9.17, 15) is 4.79 Å². The van der Waals surface area contributed by atoms with E-state index in [1.807, 2.05) is 69.0 Å². The number of benzene rings is 1. The maximum atomic E-state index is 13.3. The van der Waals surface area contributed by atoms with Crippen LogP contribution in [0.3, 0.4) is 0 Å². The topological polar surface area (TPSA) is 73.8 Å². The van der Waals surface area contributed by atoms with Crippen LogP contribution in [0.15, 0.2) is 47.5 Å². The largest absolute Gasteiger partial charge is 0.363 e. The van der Waals surface area contributed by atoms with E-state index >= 15 is 0 Å². The third-order valence-electron chi connectivity index (χ3n) is 6.12. The highest BCUT2D eigenvalue weighted by Crippen LogP contribution is 2.31. The van der Waals surface area contributed by atoms with Gasteiger partial charge in [0.05, 0.1) is 39.8 Å². The lowest BCUT2D eigenvalue weighted by atomic mass is 10.0. The Balaban J connectivity index is 1.83. The molecule has 5 aromatic rings. The van der Waals surface area contributed by atoms with Crippen molar-refractivity contribution in [3.8, 4) is 16.8 Å². The molecule has 0 saturated heterocycles. The van der Waals surface area contributed by atoms with Crippen molar-refractivity contribution in [3.05, 3.63) is 64.6 Å². The van der Waals surface area contributed by atoms with E-state index in [2.05, 4.69) is 27.2 Å². The molecule has 0 fully saturated rings. The van der Waals surface area contributed by atoms with Crippen molar-refractivity contribution in [3.63, 3.8) is 0 Å². The predicted octanol–water partition coefficient (Wildman–Crippen LogP) is 3.36. The lowest BCUT2D eigenvalue weighted by Gasteiger charge is -2.12. The van der Waals surface area contributed by atoms with Gasteiger partial charge in [-0.3, -0.25) is 18.8 Å². The molecule has 4 aromatic heterocycles. The number of rotatable bonds is 3. The molecule has 0 unspecified atom stereocenters. The van der Waals surface area contributed by atoms with Gasteiger partial charge >= 0.3 is 5.69 Å². The maximum absolute atomic E-state index is 13.3. The average molecular weight is 428 g/mol. The number of nitrogens with zero attached hydrogens (tertiary/aromatic N) is 7. The highest BCUT2D eigenvalue weighted by Gasteiger charge is 2.21. The monoisotopic (exact) mass is 427 g/mol. The number of aryl methyl sites for hydroxylation is 3. The lowest BCUT2D eigenvalue weighted by Crippen LogP contribution is -2.21. The molecule has 32 heavy (non-hydrogen) atoms. The minimum Gasteiger partial charge on any atom is -0.363 e. The lowest BCUT2D eigenvalue weighted by molar-refractivity contribution is 0.730. The molecule has 0 saturated carbocycles. The van der Waals surface area contributed by atoms with Crippen LogP contribution >= 0.6 is 0 Å². The highest BCUT2D eigenvalue weighted by molar-refractivity contribution is 6.04. The second-order valence-electron chi connectivity index (χ2n) is 8.34. The average Bonchev–Trinajstić information content (AvgIpc) is 3.18. The van der Waals surface area contributed by atoms with Crippen molar-refractivity contribution in [2.45, 2.75) is 13.8 Å². The molecule has 4 heterocycles. The van der Waals surface area contributed by atoms with Crippen molar-refractivity contribution in [1.82, 2.24) is 28.9 Å². The number of hydrogen-bond donors (Lipinski definition) is 0. The molecule has 0 amide bonds. The first kappa shape index (κ1) is 20.0. The summed E-state index contributed by atoms with van der Waals surface area (Å²) in [7, 11) is 7.61. The molecule has 162 valence electrons. The zero-order chi connectivity index (χ0) is 22.7. The van der Waals surface area contributed by atoms with Crippen LogP contribution in [0.4, 0.5) is 5.82 Å². The number of pyridine rings is 2. The summed E-state index contributed by atoms with van der Waals surface area (Å²) in [6, 6.07) is 10.2. The predicted molar refractivity (Wildman–Crippen MR) is 128 cm³/mol. The van der Waals surface area contributed by atoms with Gasteiger partial charge in [0.15, 0.2) is 0 Å². The zero-order valence-electron chi connectivity index (χ0n) is 19.1. The fourth-order valence-electron chi connectivity index (χ4n) is 4.29. The van der Waals surface area contributed by atoms with Crippen LogP contribution in [0.2, 0.25) is 0 Å². The van der Waals surface area contributed by atoms with Gasteiger partial charge in [0.25, 0.3) is 0 Å². The minimum absolute atomic E-state index is 0.115.